The van der Waals surface area contributed by atoms with Crippen LogP contribution in [-0.4, -0.2) is 19.1 Å². The third-order valence-corrected chi connectivity index (χ3v) is 6.01. The highest BCUT2D eigenvalue weighted by Crippen LogP contribution is 2.29. The van der Waals surface area contributed by atoms with Crippen LogP contribution in [0.15, 0.2) is 72.8 Å². The van der Waals surface area contributed by atoms with E-state index in [4.69, 9.17) is 9.47 Å². The van der Waals surface area contributed by atoms with Gasteiger partial charge in [0.15, 0.2) is 0 Å². The molecule has 0 atom stereocenters. The van der Waals surface area contributed by atoms with E-state index in [1.54, 1.807) is 0 Å². The summed E-state index contributed by atoms with van der Waals surface area (Å²) in [6.45, 7) is 9.24. The highest BCUT2D eigenvalue weighted by atomic mass is 16.5. The zero-order valence-electron chi connectivity index (χ0n) is 20.9. The summed E-state index contributed by atoms with van der Waals surface area (Å²) in [5.74, 6) is 1.61. The van der Waals surface area contributed by atoms with Gasteiger partial charge in [-0.2, -0.15) is 0 Å². The average Bonchev–Trinajstić information content (AvgIpc) is 2.83. The van der Waals surface area contributed by atoms with Crippen molar-refractivity contribution in [3.8, 4) is 11.5 Å². The molecule has 0 spiro atoms. The van der Waals surface area contributed by atoms with Crippen LogP contribution in [0.2, 0.25) is 0 Å². The van der Waals surface area contributed by atoms with E-state index in [1.165, 1.54) is 11.1 Å². The van der Waals surface area contributed by atoms with Crippen LogP contribution in [0.5, 0.6) is 11.5 Å². The normalized spacial score (nSPS) is 11.2. The van der Waals surface area contributed by atoms with Gasteiger partial charge in [0.2, 0.25) is 5.91 Å². The van der Waals surface area contributed by atoms with Gasteiger partial charge in [-0.15, -0.1) is 0 Å². The molecule has 0 bridgehead atoms. The average molecular weight is 460 g/mol. The van der Waals surface area contributed by atoms with Crippen LogP contribution in [0.25, 0.3) is 0 Å². The van der Waals surface area contributed by atoms with Crippen molar-refractivity contribution >= 4 is 11.6 Å². The van der Waals surface area contributed by atoms with E-state index < -0.39 is 5.41 Å². The highest BCUT2D eigenvalue weighted by Gasteiger charge is 2.28. The predicted octanol–water partition coefficient (Wildman–Crippen LogP) is 7.14. The van der Waals surface area contributed by atoms with E-state index in [0.717, 1.165) is 37.0 Å². The minimum Gasteiger partial charge on any atom is -0.493 e. The lowest BCUT2D eigenvalue weighted by Gasteiger charge is -2.24. The van der Waals surface area contributed by atoms with Crippen molar-refractivity contribution in [2.75, 3.05) is 18.5 Å². The molecule has 0 aliphatic carbocycles. The summed E-state index contributed by atoms with van der Waals surface area (Å²) in [5.41, 5.74) is 3.80. The molecule has 0 saturated heterocycles. The Morgan fingerprint density at radius 1 is 0.824 bits per heavy atom. The second-order valence-corrected chi connectivity index (χ2v) is 9.49. The number of rotatable bonds is 12. The fourth-order valence-corrected chi connectivity index (χ4v) is 3.76. The van der Waals surface area contributed by atoms with Crippen molar-refractivity contribution in [3.05, 3.63) is 89.5 Å². The smallest absolute Gasteiger partial charge is 0.230 e. The van der Waals surface area contributed by atoms with Gasteiger partial charge < -0.3 is 14.8 Å². The van der Waals surface area contributed by atoms with Crippen LogP contribution in [0, 0.1) is 19.3 Å². The first-order chi connectivity index (χ1) is 16.3. The predicted molar refractivity (Wildman–Crippen MR) is 140 cm³/mol. The van der Waals surface area contributed by atoms with Gasteiger partial charge in [-0.1, -0.05) is 68.4 Å². The molecular formula is C30H37NO3. The fourth-order valence-electron chi connectivity index (χ4n) is 3.76. The SMILES string of the molecule is Cc1ccc(C)c(OCCCC(C)(C)C(=O)Nc2ccccc2OCCCc2ccccc2)c1. The van der Waals surface area contributed by atoms with Crippen LogP contribution < -0.4 is 14.8 Å². The summed E-state index contributed by atoms with van der Waals surface area (Å²) < 4.78 is 12.0. The minimum absolute atomic E-state index is 0.0143. The van der Waals surface area contributed by atoms with Gasteiger partial charge in [-0.05, 0) is 74.4 Å². The topological polar surface area (TPSA) is 47.6 Å². The van der Waals surface area contributed by atoms with Crippen molar-refractivity contribution < 1.29 is 14.3 Å². The first-order valence-electron chi connectivity index (χ1n) is 12.1. The Labute approximate surface area is 204 Å². The van der Waals surface area contributed by atoms with E-state index in [1.807, 2.05) is 51.1 Å². The number of nitrogens with one attached hydrogen (secondary N) is 1. The number of carbonyl (C=O) groups excluding carboxylic acids is 1. The number of hydrogen-bond acceptors (Lipinski definition) is 3. The van der Waals surface area contributed by atoms with Crippen LogP contribution in [0.1, 0.15) is 49.8 Å². The molecule has 3 aromatic carbocycles. The molecule has 0 heterocycles. The maximum atomic E-state index is 13.1. The van der Waals surface area contributed by atoms with Gasteiger partial charge >= 0.3 is 0 Å². The lowest BCUT2D eigenvalue weighted by molar-refractivity contribution is -0.124. The number of carbonyl (C=O) groups is 1. The van der Waals surface area contributed by atoms with Gasteiger partial charge in [-0.25, -0.2) is 0 Å². The van der Waals surface area contributed by atoms with Gasteiger partial charge in [0.05, 0.1) is 18.9 Å². The Hall–Kier alpha value is -3.27. The number of anilines is 1. The number of amides is 1. The standard InChI is InChI=1S/C30H37NO3/c1-23-17-18-24(2)28(22-23)34-21-11-19-30(3,4)29(32)31-26-15-8-9-16-27(26)33-20-10-14-25-12-6-5-7-13-25/h5-9,12-13,15-18,22H,10-11,14,19-21H2,1-4H3,(H,31,32). The number of hydrogen-bond donors (Lipinski definition) is 1. The van der Waals surface area contributed by atoms with E-state index >= 15 is 0 Å². The summed E-state index contributed by atoms with van der Waals surface area (Å²) in [7, 11) is 0. The van der Waals surface area contributed by atoms with Crippen LogP contribution in [-0.2, 0) is 11.2 Å². The van der Waals surface area contributed by atoms with Gasteiger partial charge in [0, 0.05) is 5.41 Å². The van der Waals surface area contributed by atoms with Crippen LogP contribution in [0.3, 0.4) is 0 Å². The molecule has 34 heavy (non-hydrogen) atoms. The summed E-state index contributed by atoms with van der Waals surface area (Å²) in [5, 5.41) is 3.08. The molecule has 0 aliphatic heterocycles. The third-order valence-electron chi connectivity index (χ3n) is 6.01. The zero-order valence-corrected chi connectivity index (χ0v) is 20.9. The quantitative estimate of drug-likeness (QED) is 0.293. The van der Waals surface area contributed by atoms with Crippen molar-refractivity contribution in [1.82, 2.24) is 0 Å². The monoisotopic (exact) mass is 459 g/mol. The second-order valence-electron chi connectivity index (χ2n) is 9.49. The molecule has 0 unspecified atom stereocenters. The third kappa shape index (κ3) is 7.65. The number of aryl methyl sites for hydroxylation is 3. The summed E-state index contributed by atoms with van der Waals surface area (Å²) in [6.07, 6.45) is 3.40. The highest BCUT2D eigenvalue weighted by molar-refractivity contribution is 5.96. The van der Waals surface area contributed by atoms with E-state index in [9.17, 15) is 4.79 Å². The zero-order chi connectivity index (χ0) is 24.4. The number of ether oxygens (including phenoxy) is 2. The largest absolute Gasteiger partial charge is 0.493 e. The maximum Gasteiger partial charge on any atom is 0.230 e. The molecule has 1 amide bonds. The minimum atomic E-state index is -0.522. The van der Waals surface area contributed by atoms with Gasteiger partial charge in [-0.3, -0.25) is 4.79 Å². The summed E-state index contributed by atoms with van der Waals surface area (Å²) in [4.78, 5) is 13.1. The molecule has 4 heteroatoms. The molecule has 3 aromatic rings. The molecule has 0 aliphatic rings. The molecule has 180 valence electrons. The Kier molecular flexibility index (Phi) is 9.15. The molecule has 0 fully saturated rings. The first-order valence-corrected chi connectivity index (χ1v) is 12.1. The fraction of sp³-hybridized carbons (Fsp3) is 0.367. The molecule has 3 rings (SSSR count). The second kappa shape index (κ2) is 12.3. The van der Waals surface area contributed by atoms with E-state index in [-0.39, 0.29) is 5.91 Å². The Morgan fingerprint density at radius 3 is 2.29 bits per heavy atom. The lowest BCUT2D eigenvalue weighted by atomic mass is 9.87. The van der Waals surface area contributed by atoms with Crippen molar-refractivity contribution in [1.29, 1.82) is 0 Å². The first kappa shape index (κ1) is 25.4. The van der Waals surface area contributed by atoms with Crippen molar-refractivity contribution in [2.45, 2.75) is 53.4 Å². The van der Waals surface area contributed by atoms with Gasteiger partial charge in [0.25, 0.3) is 0 Å². The summed E-state index contributed by atoms with van der Waals surface area (Å²) in [6, 6.07) is 24.2. The lowest BCUT2D eigenvalue weighted by Crippen LogP contribution is -2.31. The van der Waals surface area contributed by atoms with Crippen molar-refractivity contribution in [2.24, 2.45) is 5.41 Å². The summed E-state index contributed by atoms with van der Waals surface area (Å²) >= 11 is 0. The Morgan fingerprint density at radius 2 is 1.50 bits per heavy atom. The Bertz CT molecular complexity index is 1060. The molecule has 0 saturated carbocycles. The van der Waals surface area contributed by atoms with Crippen molar-refractivity contribution in [3.63, 3.8) is 0 Å². The molecule has 0 aromatic heterocycles. The van der Waals surface area contributed by atoms with E-state index in [0.29, 0.717) is 24.7 Å². The number of para-hydroxylation sites is 2. The number of benzene rings is 3. The maximum absolute atomic E-state index is 13.1. The molecule has 1 N–H and O–H groups in total. The molecular weight excluding hydrogens is 422 g/mol. The molecule has 0 radical (unpaired) electrons. The van der Waals surface area contributed by atoms with Crippen LogP contribution in [0.4, 0.5) is 5.69 Å². The molecule has 4 nitrogen and oxygen atoms in total. The van der Waals surface area contributed by atoms with E-state index in [2.05, 4.69) is 54.7 Å². The van der Waals surface area contributed by atoms with Crippen LogP contribution >= 0.6 is 0 Å². The Balaban J connectivity index is 1.47. The van der Waals surface area contributed by atoms with Gasteiger partial charge in [0.1, 0.15) is 11.5 Å².